The molecule has 1 aliphatic rings. The van der Waals surface area contributed by atoms with Gasteiger partial charge in [0.1, 0.15) is 29.6 Å². The predicted octanol–water partition coefficient (Wildman–Crippen LogP) is 5.78. The summed E-state index contributed by atoms with van der Waals surface area (Å²) >= 11 is 5.16. The van der Waals surface area contributed by atoms with Crippen LogP contribution in [-0.2, 0) is 16.2 Å². The lowest BCUT2D eigenvalue weighted by Gasteiger charge is -2.29. The van der Waals surface area contributed by atoms with Gasteiger partial charge in [-0.1, -0.05) is 30.3 Å². The van der Waals surface area contributed by atoms with Crippen LogP contribution in [0.4, 0.5) is 14.5 Å². The Balaban J connectivity index is 1.41. The molecule has 0 saturated carbocycles. The van der Waals surface area contributed by atoms with E-state index in [0.29, 0.717) is 16.9 Å². The van der Waals surface area contributed by atoms with Crippen molar-refractivity contribution in [2.24, 2.45) is 0 Å². The van der Waals surface area contributed by atoms with Crippen LogP contribution in [0.3, 0.4) is 0 Å². The number of hydrogen-bond donors (Lipinski definition) is 1. The molecule has 3 aromatic carbocycles. The van der Waals surface area contributed by atoms with E-state index in [1.54, 1.807) is 36.4 Å². The van der Waals surface area contributed by atoms with Crippen molar-refractivity contribution in [3.8, 4) is 11.4 Å². The van der Waals surface area contributed by atoms with Crippen LogP contribution < -0.4 is 15.0 Å². The molecule has 0 atom stereocenters. The van der Waals surface area contributed by atoms with Gasteiger partial charge < -0.3 is 9.30 Å². The summed E-state index contributed by atoms with van der Waals surface area (Å²) < 4.78 is 36.0. The van der Waals surface area contributed by atoms with E-state index >= 15 is 0 Å². The second-order valence-electron chi connectivity index (χ2n) is 8.95. The van der Waals surface area contributed by atoms with Crippen LogP contribution in [0.5, 0.6) is 5.75 Å². The van der Waals surface area contributed by atoms with Crippen LogP contribution in [0.2, 0.25) is 0 Å². The third-order valence-electron chi connectivity index (χ3n) is 6.41. The molecule has 0 unspecified atom stereocenters. The fourth-order valence-electron chi connectivity index (χ4n) is 4.46. The largest absolute Gasteiger partial charge is 0.489 e. The van der Waals surface area contributed by atoms with Gasteiger partial charge in [-0.05, 0) is 86.2 Å². The summed E-state index contributed by atoms with van der Waals surface area (Å²) in [6.45, 7) is 3.88. The topological polar surface area (TPSA) is 63.6 Å². The van der Waals surface area contributed by atoms with Crippen LogP contribution >= 0.6 is 12.2 Å². The molecule has 0 radical (unpaired) electrons. The van der Waals surface area contributed by atoms with E-state index in [-0.39, 0.29) is 28.8 Å². The number of ether oxygens (including phenoxy) is 1. The molecular formula is C30H23F2N3O3S. The molecule has 2 heterocycles. The summed E-state index contributed by atoms with van der Waals surface area (Å²) in [7, 11) is 0. The average Bonchev–Trinajstić information content (AvgIpc) is 3.19. The number of benzene rings is 3. The lowest BCUT2D eigenvalue weighted by molar-refractivity contribution is -0.122. The quantitative estimate of drug-likeness (QED) is 0.190. The molecule has 4 aromatic rings. The molecule has 196 valence electrons. The van der Waals surface area contributed by atoms with Crippen molar-refractivity contribution in [2.45, 2.75) is 20.5 Å². The van der Waals surface area contributed by atoms with Crippen LogP contribution in [0, 0.1) is 25.5 Å². The normalized spacial score (nSPS) is 14.6. The van der Waals surface area contributed by atoms with Gasteiger partial charge in [-0.3, -0.25) is 14.9 Å². The van der Waals surface area contributed by atoms with Gasteiger partial charge in [-0.2, -0.15) is 0 Å². The standard InChI is InChI=1S/C30H23F2N3O3S/c1-18-15-21(16-24-28(36)33-30(39)35(29(24)37)27-10-6-5-9-26(27)32)19(2)34(18)22-11-13-23(14-12-22)38-17-20-7-3-4-8-25(20)31/h3-16H,17H2,1-2H3,(H,33,36,39)/b24-16+. The fourth-order valence-corrected chi connectivity index (χ4v) is 4.74. The maximum Gasteiger partial charge on any atom is 0.270 e. The molecule has 5 rings (SSSR count). The van der Waals surface area contributed by atoms with Gasteiger partial charge in [0, 0.05) is 22.6 Å². The first-order valence-corrected chi connectivity index (χ1v) is 12.5. The molecule has 1 saturated heterocycles. The predicted molar refractivity (Wildman–Crippen MR) is 149 cm³/mol. The molecule has 2 amide bonds. The monoisotopic (exact) mass is 543 g/mol. The Bertz CT molecular complexity index is 1640. The summed E-state index contributed by atoms with van der Waals surface area (Å²) in [4.78, 5) is 27.0. The van der Waals surface area contributed by atoms with Gasteiger partial charge >= 0.3 is 0 Å². The molecule has 1 aliphatic heterocycles. The van der Waals surface area contributed by atoms with Crippen LogP contribution in [0.15, 0.2) is 84.4 Å². The van der Waals surface area contributed by atoms with Gasteiger partial charge in [-0.25, -0.2) is 13.7 Å². The molecule has 0 bridgehead atoms. The highest BCUT2D eigenvalue weighted by Gasteiger charge is 2.35. The van der Waals surface area contributed by atoms with Gasteiger partial charge in [0.15, 0.2) is 5.11 Å². The molecule has 9 heteroatoms. The van der Waals surface area contributed by atoms with E-state index in [2.05, 4.69) is 5.32 Å². The van der Waals surface area contributed by atoms with Gasteiger partial charge in [0.25, 0.3) is 11.8 Å². The first-order chi connectivity index (χ1) is 18.7. The van der Waals surface area contributed by atoms with E-state index in [1.807, 2.05) is 36.6 Å². The lowest BCUT2D eigenvalue weighted by Crippen LogP contribution is -2.54. The van der Waals surface area contributed by atoms with Crippen LogP contribution in [0.1, 0.15) is 22.5 Å². The van der Waals surface area contributed by atoms with Crippen LogP contribution in [-0.4, -0.2) is 21.5 Å². The average molecular weight is 544 g/mol. The van der Waals surface area contributed by atoms with Crippen molar-refractivity contribution in [3.05, 3.63) is 119 Å². The van der Waals surface area contributed by atoms with Crippen molar-refractivity contribution in [3.63, 3.8) is 0 Å². The maximum absolute atomic E-state index is 14.4. The molecule has 0 spiro atoms. The van der Waals surface area contributed by atoms with E-state index < -0.39 is 17.6 Å². The number of aromatic nitrogens is 1. The van der Waals surface area contributed by atoms with E-state index in [4.69, 9.17) is 17.0 Å². The molecule has 1 fully saturated rings. The molecule has 6 nitrogen and oxygen atoms in total. The number of carbonyl (C=O) groups is 2. The highest BCUT2D eigenvalue weighted by atomic mass is 32.1. The van der Waals surface area contributed by atoms with Gasteiger partial charge in [0.2, 0.25) is 0 Å². The van der Waals surface area contributed by atoms with Crippen molar-refractivity contribution < 1.29 is 23.1 Å². The molecular weight excluding hydrogens is 520 g/mol. The Kier molecular flexibility index (Phi) is 7.08. The second kappa shape index (κ2) is 10.6. The summed E-state index contributed by atoms with van der Waals surface area (Å²) in [5.74, 6) is -1.74. The first-order valence-electron chi connectivity index (χ1n) is 12.1. The summed E-state index contributed by atoms with van der Waals surface area (Å²) in [5, 5.41) is 2.30. The number of anilines is 1. The Labute approximate surface area is 229 Å². The third-order valence-corrected chi connectivity index (χ3v) is 6.70. The van der Waals surface area contributed by atoms with Crippen molar-refractivity contribution in [1.29, 1.82) is 0 Å². The summed E-state index contributed by atoms with van der Waals surface area (Å²) in [6.07, 6.45) is 1.48. The molecule has 1 N–H and O–H groups in total. The lowest BCUT2D eigenvalue weighted by atomic mass is 10.1. The zero-order valence-corrected chi connectivity index (χ0v) is 21.9. The summed E-state index contributed by atoms with van der Waals surface area (Å²) in [6, 6.07) is 21.3. The van der Waals surface area contributed by atoms with Crippen molar-refractivity contribution >= 4 is 40.9 Å². The zero-order valence-electron chi connectivity index (χ0n) is 21.1. The maximum atomic E-state index is 14.4. The Morgan fingerprint density at radius 1 is 0.923 bits per heavy atom. The van der Waals surface area contributed by atoms with E-state index in [0.717, 1.165) is 22.0 Å². The number of hydrogen-bond acceptors (Lipinski definition) is 4. The number of rotatable bonds is 6. The number of amides is 2. The van der Waals surface area contributed by atoms with Crippen molar-refractivity contribution in [2.75, 3.05) is 4.90 Å². The van der Waals surface area contributed by atoms with Gasteiger partial charge in [-0.15, -0.1) is 0 Å². The SMILES string of the molecule is Cc1cc(/C=C2\C(=O)NC(=S)N(c3ccccc3F)C2=O)c(C)n1-c1ccc(OCc2ccccc2F)cc1. The highest BCUT2D eigenvalue weighted by molar-refractivity contribution is 7.80. The van der Waals surface area contributed by atoms with E-state index in [1.165, 1.54) is 30.3 Å². The minimum atomic E-state index is -0.713. The zero-order chi connectivity index (χ0) is 27.7. The van der Waals surface area contributed by atoms with Crippen LogP contribution in [0.25, 0.3) is 11.8 Å². The number of para-hydroxylation sites is 1. The van der Waals surface area contributed by atoms with Crippen molar-refractivity contribution in [1.82, 2.24) is 9.88 Å². The number of nitrogens with zero attached hydrogens (tertiary/aromatic N) is 2. The Morgan fingerprint density at radius 2 is 1.59 bits per heavy atom. The fraction of sp³-hybridized carbons (Fsp3) is 0.100. The number of aryl methyl sites for hydroxylation is 1. The number of thiocarbonyl (C=S) groups is 1. The minimum absolute atomic E-state index is 0.0406. The van der Waals surface area contributed by atoms with E-state index in [9.17, 15) is 18.4 Å². The molecule has 1 aromatic heterocycles. The first kappa shape index (κ1) is 26.0. The third kappa shape index (κ3) is 5.08. The van der Waals surface area contributed by atoms with Gasteiger partial charge in [0.05, 0.1) is 5.69 Å². The number of nitrogens with one attached hydrogen (secondary N) is 1. The highest BCUT2D eigenvalue weighted by Crippen LogP contribution is 2.28. The molecule has 39 heavy (non-hydrogen) atoms. The Morgan fingerprint density at radius 3 is 2.28 bits per heavy atom. The smallest absolute Gasteiger partial charge is 0.270 e. The summed E-state index contributed by atoms with van der Waals surface area (Å²) in [5.41, 5.74) is 3.39. The number of halogens is 2. The molecule has 0 aliphatic carbocycles. The minimum Gasteiger partial charge on any atom is -0.489 e. The second-order valence-corrected chi connectivity index (χ2v) is 9.33. The number of carbonyl (C=O) groups excluding carboxylic acids is 2. The Hall–Kier alpha value is -4.63.